The average molecular weight is 273 g/mol. The Kier molecular flexibility index (Phi) is 3.13. The largest absolute Gasteiger partial charge is 0.399 e. The Morgan fingerprint density at radius 3 is 2.95 bits per heavy atom. The molecule has 0 unspecified atom stereocenters. The summed E-state index contributed by atoms with van der Waals surface area (Å²) in [7, 11) is 0. The Morgan fingerprint density at radius 2 is 2.16 bits per heavy atom. The maximum Gasteiger partial charge on any atom is 0.138 e. The molecule has 0 amide bonds. The van der Waals surface area contributed by atoms with E-state index in [1.165, 1.54) is 17.8 Å². The fourth-order valence-electron chi connectivity index (χ4n) is 1.84. The van der Waals surface area contributed by atoms with Gasteiger partial charge in [0.05, 0.1) is 5.69 Å². The van der Waals surface area contributed by atoms with Gasteiger partial charge in [0, 0.05) is 28.7 Å². The minimum atomic E-state index is -0.284. The van der Waals surface area contributed by atoms with Crippen LogP contribution in [0.1, 0.15) is 5.69 Å². The Hall–Kier alpha value is -2.01. The predicted molar refractivity (Wildman–Crippen MR) is 75.6 cm³/mol. The molecule has 19 heavy (non-hydrogen) atoms. The SMILES string of the molecule is Nc1ccc(SCc2cn3ccccc3n2)c(F)c1. The number of hydrogen-bond donors (Lipinski definition) is 1. The molecular weight excluding hydrogens is 261 g/mol. The number of thioether (sulfide) groups is 1. The second-order valence-corrected chi connectivity index (χ2v) is 5.19. The van der Waals surface area contributed by atoms with Gasteiger partial charge in [-0.25, -0.2) is 9.37 Å². The van der Waals surface area contributed by atoms with Crippen LogP contribution in [0.2, 0.25) is 0 Å². The monoisotopic (exact) mass is 273 g/mol. The molecule has 0 aliphatic carbocycles. The van der Waals surface area contributed by atoms with E-state index in [1.807, 2.05) is 35.0 Å². The standard InChI is InChI=1S/C14H12FN3S/c15-12-7-10(16)4-5-13(12)19-9-11-8-18-6-2-1-3-14(18)17-11/h1-8H,9,16H2. The van der Waals surface area contributed by atoms with Crippen LogP contribution in [0.4, 0.5) is 10.1 Å². The van der Waals surface area contributed by atoms with Gasteiger partial charge in [-0.2, -0.15) is 0 Å². The molecule has 0 radical (unpaired) electrons. The van der Waals surface area contributed by atoms with E-state index in [1.54, 1.807) is 12.1 Å². The first-order valence-corrected chi connectivity index (χ1v) is 6.81. The van der Waals surface area contributed by atoms with E-state index >= 15 is 0 Å². The van der Waals surface area contributed by atoms with E-state index < -0.39 is 0 Å². The van der Waals surface area contributed by atoms with Crippen LogP contribution < -0.4 is 5.73 Å². The second-order valence-electron chi connectivity index (χ2n) is 4.18. The number of anilines is 1. The highest BCUT2D eigenvalue weighted by Crippen LogP contribution is 2.26. The number of nitrogens with two attached hydrogens (primary N) is 1. The summed E-state index contributed by atoms with van der Waals surface area (Å²) in [4.78, 5) is 5.06. The van der Waals surface area contributed by atoms with Gasteiger partial charge in [0.25, 0.3) is 0 Å². The Labute approximate surface area is 114 Å². The summed E-state index contributed by atoms with van der Waals surface area (Å²) in [5.74, 6) is 0.344. The molecule has 1 aromatic carbocycles. The molecule has 0 spiro atoms. The van der Waals surface area contributed by atoms with E-state index in [-0.39, 0.29) is 5.82 Å². The van der Waals surface area contributed by atoms with E-state index in [0.717, 1.165) is 11.3 Å². The number of fused-ring (bicyclic) bond motifs is 1. The van der Waals surface area contributed by atoms with Crippen molar-refractivity contribution in [3.8, 4) is 0 Å². The van der Waals surface area contributed by atoms with Crippen molar-refractivity contribution in [2.24, 2.45) is 0 Å². The van der Waals surface area contributed by atoms with E-state index in [2.05, 4.69) is 4.98 Å². The first-order valence-electron chi connectivity index (χ1n) is 5.83. The summed E-state index contributed by atoms with van der Waals surface area (Å²) >= 11 is 1.42. The molecule has 0 aliphatic heterocycles. The smallest absolute Gasteiger partial charge is 0.138 e. The topological polar surface area (TPSA) is 43.3 Å². The zero-order chi connectivity index (χ0) is 13.2. The van der Waals surface area contributed by atoms with Crippen molar-refractivity contribution in [2.75, 3.05) is 5.73 Å². The number of halogens is 1. The molecule has 2 heterocycles. The molecule has 0 saturated carbocycles. The van der Waals surface area contributed by atoms with Crippen LogP contribution in [-0.2, 0) is 5.75 Å². The Morgan fingerprint density at radius 1 is 1.26 bits per heavy atom. The lowest BCUT2D eigenvalue weighted by Gasteiger charge is -2.02. The molecule has 3 aromatic rings. The van der Waals surface area contributed by atoms with Gasteiger partial charge in [-0.1, -0.05) is 6.07 Å². The molecule has 0 fully saturated rings. The Bertz CT molecular complexity index is 691. The molecule has 2 N–H and O–H groups in total. The summed E-state index contributed by atoms with van der Waals surface area (Å²) < 4.78 is 15.6. The number of nitrogen functional groups attached to an aromatic ring is 1. The summed E-state index contributed by atoms with van der Waals surface area (Å²) in [6.45, 7) is 0. The summed E-state index contributed by atoms with van der Waals surface area (Å²) in [6, 6.07) is 10.6. The molecular formula is C14H12FN3S. The van der Waals surface area contributed by atoms with Crippen LogP contribution in [-0.4, -0.2) is 9.38 Å². The molecule has 0 aliphatic rings. The molecule has 0 saturated heterocycles. The van der Waals surface area contributed by atoms with Crippen molar-refractivity contribution in [1.82, 2.24) is 9.38 Å². The van der Waals surface area contributed by atoms with E-state index in [0.29, 0.717) is 16.3 Å². The van der Waals surface area contributed by atoms with Crippen molar-refractivity contribution >= 4 is 23.1 Å². The molecule has 3 nitrogen and oxygen atoms in total. The summed E-state index contributed by atoms with van der Waals surface area (Å²) in [5, 5.41) is 0. The van der Waals surface area contributed by atoms with Crippen LogP contribution in [0.5, 0.6) is 0 Å². The minimum absolute atomic E-state index is 0.284. The number of benzene rings is 1. The van der Waals surface area contributed by atoms with Crippen LogP contribution in [0, 0.1) is 5.82 Å². The average Bonchev–Trinajstić information content (AvgIpc) is 2.80. The third-order valence-corrected chi connectivity index (χ3v) is 3.83. The number of hydrogen-bond acceptors (Lipinski definition) is 3. The molecule has 0 atom stereocenters. The lowest BCUT2D eigenvalue weighted by Crippen LogP contribution is -1.88. The third kappa shape index (κ3) is 2.56. The zero-order valence-corrected chi connectivity index (χ0v) is 10.9. The van der Waals surface area contributed by atoms with E-state index in [9.17, 15) is 4.39 Å². The maximum atomic E-state index is 13.6. The maximum absolute atomic E-state index is 13.6. The molecule has 5 heteroatoms. The number of rotatable bonds is 3. The van der Waals surface area contributed by atoms with Crippen molar-refractivity contribution < 1.29 is 4.39 Å². The normalized spacial score (nSPS) is 11.0. The van der Waals surface area contributed by atoms with Gasteiger partial charge in [0.15, 0.2) is 0 Å². The quantitative estimate of drug-likeness (QED) is 0.588. The molecule has 3 rings (SSSR count). The summed E-state index contributed by atoms with van der Waals surface area (Å²) in [6.07, 6.45) is 3.90. The van der Waals surface area contributed by atoms with Crippen molar-refractivity contribution in [3.05, 3.63) is 60.3 Å². The highest BCUT2D eigenvalue weighted by molar-refractivity contribution is 7.98. The third-order valence-electron chi connectivity index (χ3n) is 2.75. The van der Waals surface area contributed by atoms with Crippen LogP contribution in [0.3, 0.4) is 0 Å². The van der Waals surface area contributed by atoms with Crippen molar-refractivity contribution in [3.63, 3.8) is 0 Å². The molecule has 96 valence electrons. The molecule has 2 aromatic heterocycles. The Balaban J connectivity index is 1.78. The summed E-state index contributed by atoms with van der Waals surface area (Å²) in [5.41, 5.74) is 7.78. The first kappa shape index (κ1) is 12.0. The van der Waals surface area contributed by atoms with Gasteiger partial charge < -0.3 is 10.1 Å². The van der Waals surface area contributed by atoms with Gasteiger partial charge in [-0.15, -0.1) is 11.8 Å². The predicted octanol–water partition coefficient (Wildman–Crippen LogP) is 3.35. The van der Waals surface area contributed by atoms with Gasteiger partial charge in [0.2, 0.25) is 0 Å². The number of pyridine rings is 1. The highest BCUT2D eigenvalue weighted by Gasteiger charge is 2.06. The first-order chi connectivity index (χ1) is 9.22. The van der Waals surface area contributed by atoms with Crippen LogP contribution >= 0.6 is 11.8 Å². The zero-order valence-electron chi connectivity index (χ0n) is 10.1. The highest BCUT2D eigenvalue weighted by atomic mass is 32.2. The number of aromatic nitrogens is 2. The number of imidazole rings is 1. The fraction of sp³-hybridized carbons (Fsp3) is 0.0714. The van der Waals surface area contributed by atoms with E-state index in [4.69, 9.17) is 5.73 Å². The van der Waals surface area contributed by atoms with Crippen LogP contribution in [0.25, 0.3) is 5.65 Å². The number of nitrogens with zero attached hydrogens (tertiary/aromatic N) is 2. The van der Waals surface area contributed by atoms with Gasteiger partial charge in [-0.05, 0) is 30.3 Å². The van der Waals surface area contributed by atoms with Crippen LogP contribution in [0.15, 0.2) is 53.7 Å². The van der Waals surface area contributed by atoms with Gasteiger partial charge >= 0.3 is 0 Å². The van der Waals surface area contributed by atoms with Crippen molar-refractivity contribution in [1.29, 1.82) is 0 Å². The van der Waals surface area contributed by atoms with Gasteiger partial charge in [-0.3, -0.25) is 0 Å². The fourth-order valence-corrected chi connectivity index (χ4v) is 2.65. The second kappa shape index (κ2) is 4.93. The minimum Gasteiger partial charge on any atom is -0.399 e. The van der Waals surface area contributed by atoms with Gasteiger partial charge in [0.1, 0.15) is 11.5 Å². The lowest BCUT2D eigenvalue weighted by molar-refractivity contribution is 0.602. The molecule has 0 bridgehead atoms. The lowest BCUT2D eigenvalue weighted by atomic mass is 10.3. The van der Waals surface area contributed by atoms with Crippen molar-refractivity contribution in [2.45, 2.75) is 10.6 Å².